The number of hydrogen-bond donors (Lipinski definition) is 1. The van der Waals surface area contributed by atoms with Gasteiger partial charge >= 0.3 is 0 Å². The minimum atomic E-state index is -0.823. The van der Waals surface area contributed by atoms with Crippen LogP contribution in [0, 0.1) is 5.92 Å². The Morgan fingerprint density at radius 2 is 1.78 bits per heavy atom. The van der Waals surface area contributed by atoms with Gasteiger partial charge in [0.15, 0.2) is 0 Å². The summed E-state index contributed by atoms with van der Waals surface area (Å²) in [6.45, 7) is 10.0. The molecule has 0 bridgehead atoms. The molecule has 0 aliphatic carbocycles. The molecule has 0 aromatic heterocycles. The van der Waals surface area contributed by atoms with E-state index in [1.807, 2.05) is 31.2 Å². The predicted molar refractivity (Wildman–Crippen MR) is 110 cm³/mol. The van der Waals surface area contributed by atoms with Crippen molar-refractivity contribution < 1.29 is 14.3 Å². The molecule has 1 aromatic carbocycles. The highest BCUT2D eigenvalue weighted by molar-refractivity contribution is 5.97. The molecule has 2 rings (SSSR count). The van der Waals surface area contributed by atoms with Crippen molar-refractivity contribution in [3.8, 4) is 5.75 Å². The van der Waals surface area contributed by atoms with E-state index in [1.165, 1.54) is 38.8 Å². The highest BCUT2D eigenvalue weighted by Gasteiger charge is 2.33. The summed E-state index contributed by atoms with van der Waals surface area (Å²) in [5, 5.41) is 2.95. The number of carbonyl (C=O) groups is 1. The topological polar surface area (TPSA) is 50.8 Å². The van der Waals surface area contributed by atoms with Crippen LogP contribution in [0.3, 0.4) is 0 Å². The van der Waals surface area contributed by atoms with E-state index in [4.69, 9.17) is 9.47 Å². The minimum Gasteiger partial charge on any atom is -0.492 e. The van der Waals surface area contributed by atoms with Crippen LogP contribution in [-0.4, -0.2) is 49.8 Å². The Morgan fingerprint density at radius 1 is 1.15 bits per heavy atom. The van der Waals surface area contributed by atoms with E-state index < -0.39 is 5.60 Å². The van der Waals surface area contributed by atoms with Crippen molar-refractivity contribution in [3.05, 3.63) is 24.3 Å². The first-order valence-electron chi connectivity index (χ1n) is 10.2. The lowest BCUT2D eigenvalue weighted by atomic mass is 9.93. The van der Waals surface area contributed by atoms with E-state index in [9.17, 15) is 4.79 Å². The molecule has 1 atom stereocenters. The second-order valence-electron chi connectivity index (χ2n) is 8.12. The van der Waals surface area contributed by atoms with Gasteiger partial charge < -0.3 is 14.8 Å². The molecule has 152 valence electrons. The summed E-state index contributed by atoms with van der Waals surface area (Å²) in [4.78, 5) is 15.1. The molecule has 0 unspecified atom stereocenters. The fraction of sp³-hybridized carbons (Fsp3) is 0.682. The van der Waals surface area contributed by atoms with Gasteiger partial charge in [-0.3, -0.25) is 9.69 Å². The Balaban J connectivity index is 1.81. The number of ether oxygens (including phenoxy) is 2. The van der Waals surface area contributed by atoms with Crippen LogP contribution in [0.15, 0.2) is 24.3 Å². The third kappa shape index (κ3) is 7.15. The lowest BCUT2D eigenvalue weighted by Gasteiger charge is -2.28. The molecule has 1 N–H and O–H groups in total. The molecule has 1 fully saturated rings. The van der Waals surface area contributed by atoms with E-state index in [0.717, 1.165) is 18.0 Å². The summed E-state index contributed by atoms with van der Waals surface area (Å²) in [5.74, 6) is 1.09. The SMILES string of the molecule is CO[C@](C)(CC(C)C)C(=O)Nc1ccc(OCCN2CCCCCC2)cc1. The number of benzene rings is 1. The molecule has 1 heterocycles. The van der Waals surface area contributed by atoms with Crippen molar-refractivity contribution in [2.75, 3.05) is 38.7 Å². The van der Waals surface area contributed by atoms with Crippen molar-refractivity contribution in [1.82, 2.24) is 4.90 Å². The summed E-state index contributed by atoms with van der Waals surface area (Å²) in [7, 11) is 1.59. The zero-order valence-corrected chi connectivity index (χ0v) is 17.4. The van der Waals surface area contributed by atoms with Gasteiger partial charge in [0.2, 0.25) is 0 Å². The van der Waals surface area contributed by atoms with E-state index in [1.54, 1.807) is 7.11 Å². The van der Waals surface area contributed by atoms with Crippen LogP contribution in [0.1, 0.15) is 52.9 Å². The van der Waals surface area contributed by atoms with Gasteiger partial charge in [-0.05, 0) is 69.5 Å². The van der Waals surface area contributed by atoms with Gasteiger partial charge in [-0.25, -0.2) is 0 Å². The number of carbonyl (C=O) groups excluding carboxylic acids is 1. The number of likely N-dealkylation sites (tertiary alicyclic amines) is 1. The molecule has 1 saturated heterocycles. The van der Waals surface area contributed by atoms with Crippen molar-refractivity contribution in [1.29, 1.82) is 0 Å². The van der Waals surface area contributed by atoms with Gasteiger partial charge in [0.05, 0.1) is 0 Å². The molecule has 1 aliphatic heterocycles. The zero-order valence-electron chi connectivity index (χ0n) is 17.4. The second-order valence-corrected chi connectivity index (χ2v) is 8.12. The minimum absolute atomic E-state index is 0.117. The van der Waals surface area contributed by atoms with Crippen LogP contribution in [0.25, 0.3) is 0 Å². The van der Waals surface area contributed by atoms with Crippen LogP contribution in [0.4, 0.5) is 5.69 Å². The zero-order chi connectivity index (χ0) is 19.7. The first-order valence-corrected chi connectivity index (χ1v) is 10.2. The molecular formula is C22H36N2O3. The molecule has 0 radical (unpaired) electrons. The largest absolute Gasteiger partial charge is 0.492 e. The molecule has 1 amide bonds. The summed E-state index contributed by atoms with van der Waals surface area (Å²) < 4.78 is 11.4. The fourth-order valence-corrected chi connectivity index (χ4v) is 3.60. The number of methoxy groups -OCH3 is 1. The molecule has 5 nitrogen and oxygen atoms in total. The predicted octanol–water partition coefficient (Wildman–Crippen LogP) is 4.33. The fourth-order valence-electron chi connectivity index (χ4n) is 3.60. The molecule has 27 heavy (non-hydrogen) atoms. The first-order chi connectivity index (χ1) is 12.9. The Labute approximate surface area is 164 Å². The maximum absolute atomic E-state index is 12.6. The van der Waals surface area contributed by atoms with Crippen molar-refractivity contribution in [3.63, 3.8) is 0 Å². The maximum Gasteiger partial charge on any atom is 0.256 e. The quantitative estimate of drug-likeness (QED) is 0.697. The first kappa shape index (κ1) is 21.7. The lowest BCUT2D eigenvalue weighted by molar-refractivity contribution is -0.137. The van der Waals surface area contributed by atoms with Crippen LogP contribution < -0.4 is 10.1 Å². The van der Waals surface area contributed by atoms with Gasteiger partial charge in [0.1, 0.15) is 18.0 Å². The van der Waals surface area contributed by atoms with Crippen molar-refractivity contribution in [2.45, 2.75) is 58.5 Å². The Bertz CT molecular complexity index is 565. The number of nitrogens with zero attached hydrogens (tertiary/aromatic N) is 1. The lowest BCUT2D eigenvalue weighted by Crippen LogP contribution is -2.43. The second kappa shape index (κ2) is 10.7. The van der Waals surface area contributed by atoms with Gasteiger partial charge in [-0.2, -0.15) is 0 Å². The van der Waals surface area contributed by atoms with Gasteiger partial charge in [0, 0.05) is 19.3 Å². The third-order valence-corrected chi connectivity index (χ3v) is 5.22. The summed E-state index contributed by atoms with van der Waals surface area (Å²) in [5.41, 5.74) is -0.0665. The van der Waals surface area contributed by atoms with Crippen molar-refractivity contribution in [2.24, 2.45) is 5.92 Å². The van der Waals surface area contributed by atoms with Crippen LogP contribution in [0.5, 0.6) is 5.75 Å². The van der Waals surface area contributed by atoms with E-state index in [-0.39, 0.29) is 5.91 Å². The Morgan fingerprint density at radius 3 is 2.33 bits per heavy atom. The number of anilines is 1. The summed E-state index contributed by atoms with van der Waals surface area (Å²) >= 11 is 0. The number of hydrogen-bond acceptors (Lipinski definition) is 4. The van der Waals surface area contributed by atoms with E-state index in [0.29, 0.717) is 18.9 Å². The molecular weight excluding hydrogens is 340 g/mol. The third-order valence-electron chi connectivity index (χ3n) is 5.22. The normalized spacial score (nSPS) is 18.0. The number of rotatable bonds is 9. The standard InChI is InChI=1S/C22H36N2O3/c1-18(2)17-22(3,26-4)21(25)23-19-9-11-20(12-10-19)27-16-15-24-13-7-5-6-8-14-24/h9-12,18H,5-8,13-17H2,1-4H3,(H,23,25)/t22-/m1/s1. The Hall–Kier alpha value is -1.59. The van der Waals surface area contributed by atoms with Gasteiger partial charge in [-0.15, -0.1) is 0 Å². The van der Waals surface area contributed by atoms with Gasteiger partial charge in [-0.1, -0.05) is 26.7 Å². The number of nitrogens with one attached hydrogen (secondary N) is 1. The average molecular weight is 377 g/mol. The number of amides is 1. The summed E-state index contributed by atoms with van der Waals surface area (Å²) in [6.07, 6.45) is 5.97. The highest BCUT2D eigenvalue weighted by Crippen LogP contribution is 2.23. The maximum atomic E-state index is 12.6. The molecule has 0 spiro atoms. The van der Waals surface area contributed by atoms with E-state index in [2.05, 4.69) is 24.1 Å². The summed E-state index contributed by atoms with van der Waals surface area (Å²) in [6, 6.07) is 7.57. The van der Waals surface area contributed by atoms with Crippen LogP contribution >= 0.6 is 0 Å². The average Bonchev–Trinajstić information content (AvgIpc) is 2.91. The van der Waals surface area contributed by atoms with Gasteiger partial charge in [0.25, 0.3) is 5.91 Å². The van der Waals surface area contributed by atoms with E-state index >= 15 is 0 Å². The Kier molecular flexibility index (Phi) is 8.58. The monoisotopic (exact) mass is 376 g/mol. The smallest absolute Gasteiger partial charge is 0.256 e. The highest BCUT2D eigenvalue weighted by atomic mass is 16.5. The van der Waals surface area contributed by atoms with Crippen LogP contribution in [-0.2, 0) is 9.53 Å². The molecule has 0 saturated carbocycles. The molecule has 1 aliphatic rings. The molecule has 5 heteroatoms. The van der Waals surface area contributed by atoms with Crippen molar-refractivity contribution >= 4 is 11.6 Å². The molecule has 1 aromatic rings. The van der Waals surface area contributed by atoms with Crippen LogP contribution in [0.2, 0.25) is 0 Å².